The number of methoxy groups -OCH3 is 2. The molecule has 0 aromatic carbocycles. The highest BCUT2D eigenvalue weighted by Crippen LogP contribution is 2.18. The van der Waals surface area contributed by atoms with Gasteiger partial charge in [0, 0.05) is 24.6 Å². The number of esters is 1. The number of ether oxygens (including phenoxy) is 2. The Morgan fingerprint density at radius 1 is 1.00 bits per heavy atom. The molecule has 0 aromatic heterocycles. The van der Waals surface area contributed by atoms with Crippen LogP contribution in [0.5, 0.6) is 0 Å². The van der Waals surface area contributed by atoms with Gasteiger partial charge in [-0.3, -0.25) is 0 Å². The van der Waals surface area contributed by atoms with E-state index in [0.29, 0.717) is 28.5 Å². The van der Waals surface area contributed by atoms with Crippen molar-refractivity contribution in [2.24, 2.45) is 10.2 Å². The zero-order chi connectivity index (χ0) is 21.8. The van der Waals surface area contributed by atoms with Gasteiger partial charge in [-0.2, -0.15) is 5.11 Å². The molecule has 1 N–H and O–H groups in total. The predicted octanol–water partition coefficient (Wildman–Crippen LogP) is 4.24. The number of azo groups is 1. The van der Waals surface area contributed by atoms with E-state index in [9.17, 15) is 4.79 Å². The van der Waals surface area contributed by atoms with Crippen LogP contribution in [0, 0.1) is 0 Å². The molecule has 0 spiro atoms. The number of carbonyl (C=O) groups is 1. The van der Waals surface area contributed by atoms with Gasteiger partial charge in [0.1, 0.15) is 5.76 Å². The van der Waals surface area contributed by atoms with Crippen LogP contribution in [0.2, 0.25) is 0 Å². The van der Waals surface area contributed by atoms with Gasteiger partial charge in [-0.05, 0) is 36.5 Å². The molecule has 1 aliphatic heterocycles. The third kappa shape index (κ3) is 8.13. The van der Waals surface area contributed by atoms with E-state index in [1.165, 1.54) is 14.2 Å². The summed E-state index contributed by atoms with van der Waals surface area (Å²) in [5.74, 6) is -0.0912. The minimum atomic E-state index is -0.598. The second-order valence-electron chi connectivity index (χ2n) is 5.74. The van der Waals surface area contributed by atoms with E-state index in [-0.39, 0.29) is 5.70 Å². The summed E-state index contributed by atoms with van der Waals surface area (Å²) in [5.41, 5.74) is 2.11. The van der Waals surface area contributed by atoms with Gasteiger partial charge in [0.05, 0.1) is 25.6 Å². The van der Waals surface area contributed by atoms with Gasteiger partial charge in [0.25, 0.3) is 0 Å². The molecule has 0 saturated heterocycles. The monoisotopic (exact) mass is 394 g/mol. The van der Waals surface area contributed by atoms with Crippen LogP contribution in [0.4, 0.5) is 0 Å². The molecule has 0 atom stereocenters. The smallest absolute Gasteiger partial charge is 0.360 e. The average Bonchev–Trinajstić information content (AvgIpc) is 2.71. The fraction of sp³-hybridized carbons (Fsp3) is 0.136. The predicted molar refractivity (Wildman–Crippen MR) is 115 cm³/mol. The molecule has 0 aromatic rings. The van der Waals surface area contributed by atoms with Crippen LogP contribution in [0.25, 0.3) is 0 Å². The van der Waals surface area contributed by atoms with Gasteiger partial charge in [0.2, 0.25) is 0 Å². The Kier molecular flexibility index (Phi) is 9.40. The third-order valence-corrected chi connectivity index (χ3v) is 3.49. The molecule has 0 fully saturated rings. The number of hydrogen-bond donors (Lipinski definition) is 1. The van der Waals surface area contributed by atoms with Gasteiger partial charge in [-0.15, -0.1) is 5.11 Å². The molecule has 0 bridgehead atoms. The first kappa shape index (κ1) is 23.2. The molecule has 152 valence electrons. The third-order valence-electron chi connectivity index (χ3n) is 3.49. The van der Waals surface area contributed by atoms with Crippen molar-refractivity contribution in [3.05, 3.63) is 109 Å². The van der Waals surface area contributed by atoms with Crippen molar-refractivity contribution in [1.82, 2.24) is 10.2 Å². The van der Waals surface area contributed by atoms with E-state index in [4.69, 9.17) is 9.47 Å². The van der Waals surface area contributed by atoms with E-state index in [0.717, 1.165) is 0 Å². The van der Waals surface area contributed by atoms with Crippen LogP contribution in [0.3, 0.4) is 0 Å². The fourth-order valence-electron chi connectivity index (χ4n) is 1.96. The minimum Gasteiger partial charge on any atom is -0.497 e. The summed E-state index contributed by atoms with van der Waals surface area (Å²) in [6.07, 6.45) is 13.8. The van der Waals surface area contributed by atoms with Crippen molar-refractivity contribution in [2.75, 3.05) is 21.3 Å². The van der Waals surface area contributed by atoms with Gasteiger partial charge in [-0.1, -0.05) is 32.4 Å². The highest BCUT2D eigenvalue weighted by atomic mass is 16.5. The Morgan fingerprint density at radius 3 is 2.24 bits per heavy atom. The summed E-state index contributed by atoms with van der Waals surface area (Å²) in [6.45, 7) is 15.2. The summed E-state index contributed by atoms with van der Waals surface area (Å²) >= 11 is 0. The number of rotatable bonds is 10. The summed E-state index contributed by atoms with van der Waals surface area (Å²) < 4.78 is 9.74. The Morgan fingerprint density at radius 2 is 1.66 bits per heavy atom. The lowest BCUT2D eigenvalue weighted by molar-refractivity contribution is -0.136. The van der Waals surface area contributed by atoms with Crippen LogP contribution in [0.15, 0.2) is 120 Å². The van der Waals surface area contributed by atoms with Crippen molar-refractivity contribution in [3.63, 3.8) is 0 Å². The van der Waals surface area contributed by atoms with Crippen LogP contribution in [-0.2, 0) is 14.3 Å². The molecule has 1 heterocycles. The van der Waals surface area contributed by atoms with Crippen LogP contribution < -0.4 is 5.32 Å². The first-order valence-corrected chi connectivity index (χ1v) is 8.53. The molecule has 29 heavy (non-hydrogen) atoms. The first-order chi connectivity index (χ1) is 13.8. The Labute approximate surface area is 171 Å². The largest absolute Gasteiger partial charge is 0.497 e. The van der Waals surface area contributed by atoms with Crippen molar-refractivity contribution < 1.29 is 14.3 Å². The first-order valence-electron chi connectivity index (χ1n) is 8.53. The van der Waals surface area contributed by atoms with Crippen LogP contribution in [0.1, 0.15) is 0 Å². The van der Waals surface area contributed by atoms with Gasteiger partial charge >= 0.3 is 5.97 Å². The summed E-state index contributed by atoms with van der Waals surface area (Å²) in [4.78, 5) is 13.8. The molecular weight excluding hydrogens is 368 g/mol. The fourth-order valence-corrected chi connectivity index (χ4v) is 1.96. The maximum Gasteiger partial charge on any atom is 0.360 e. The SMILES string of the molecule is C=C(/C=C\C(=C)NC(=C)/C=C\C(=C)OC)N=N/C(C(=O)OC)=C1/C=CC=CN1C. The second kappa shape index (κ2) is 11.8. The molecule has 0 aliphatic carbocycles. The quantitative estimate of drug-likeness (QED) is 0.197. The number of nitrogens with zero attached hydrogens (tertiary/aromatic N) is 3. The maximum atomic E-state index is 12.1. The topological polar surface area (TPSA) is 75.5 Å². The average molecular weight is 394 g/mol. The lowest BCUT2D eigenvalue weighted by Gasteiger charge is -2.19. The van der Waals surface area contributed by atoms with E-state index < -0.39 is 5.97 Å². The Bertz CT molecular complexity index is 870. The van der Waals surface area contributed by atoms with E-state index in [1.54, 1.807) is 54.6 Å². The highest BCUT2D eigenvalue weighted by Gasteiger charge is 2.17. The molecule has 1 rings (SSSR count). The van der Waals surface area contributed by atoms with Crippen molar-refractivity contribution in [1.29, 1.82) is 0 Å². The number of hydrogen-bond acceptors (Lipinski definition) is 7. The van der Waals surface area contributed by atoms with Gasteiger partial charge in [-0.25, -0.2) is 4.79 Å². The van der Waals surface area contributed by atoms with Crippen molar-refractivity contribution in [2.45, 2.75) is 0 Å². The van der Waals surface area contributed by atoms with Gasteiger partial charge < -0.3 is 19.7 Å². The van der Waals surface area contributed by atoms with Crippen LogP contribution in [-0.4, -0.2) is 32.1 Å². The minimum absolute atomic E-state index is 0.0685. The number of nitrogens with one attached hydrogen (secondary N) is 1. The number of allylic oxidation sites excluding steroid dienone is 7. The Hall–Kier alpha value is -3.87. The lowest BCUT2D eigenvalue weighted by Crippen LogP contribution is -2.16. The molecule has 0 amide bonds. The van der Waals surface area contributed by atoms with Gasteiger partial charge in [0.15, 0.2) is 5.70 Å². The second-order valence-corrected chi connectivity index (χ2v) is 5.74. The number of likely N-dealkylation sites (N-methyl/N-ethyl adjacent to an activating group) is 1. The Balaban J connectivity index is 2.79. The molecule has 0 radical (unpaired) electrons. The molecule has 7 heteroatoms. The highest BCUT2D eigenvalue weighted by molar-refractivity contribution is 5.89. The van der Waals surface area contributed by atoms with Crippen molar-refractivity contribution >= 4 is 5.97 Å². The lowest BCUT2D eigenvalue weighted by atomic mass is 10.2. The molecule has 1 aliphatic rings. The summed E-state index contributed by atoms with van der Waals surface area (Å²) in [7, 11) is 4.61. The normalized spacial score (nSPS) is 15.1. The summed E-state index contributed by atoms with van der Waals surface area (Å²) in [6, 6.07) is 0. The van der Waals surface area contributed by atoms with E-state index in [2.05, 4.69) is 41.9 Å². The zero-order valence-electron chi connectivity index (χ0n) is 17.0. The molecular formula is C22H26N4O3. The maximum absolute atomic E-state index is 12.1. The van der Waals surface area contributed by atoms with E-state index >= 15 is 0 Å². The number of carbonyl (C=O) groups excluding carboxylic acids is 1. The zero-order valence-corrected chi connectivity index (χ0v) is 17.0. The molecule has 0 unspecified atom stereocenters. The van der Waals surface area contributed by atoms with E-state index in [1.807, 2.05) is 6.08 Å². The standard InChI is InChI=1S/C22H26N4O3/c1-16(23-17(2)13-14-19(4)28-6)11-12-18(3)24-25-21(22(27)29-7)20-10-8-9-15-26(20)5/h8-15,23H,1-4H2,5-7H3/b12-11-,14-13-,21-20-,25-24?. The van der Waals surface area contributed by atoms with Crippen molar-refractivity contribution in [3.8, 4) is 0 Å². The summed E-state index contributed by atoms with van der Waals surface area (Å²) in [5, 5.41) is 11.0. The molecule has 0 saturated carbocycles. The van der Waals surface area contributed by atoms with Crippen LogP contribution >= 0.6 is 0 Å². The molecule has 7 nitrogen and oxygen atoms in total.